The Morgan fingerprint density at radius 1 is 1.33 bits per heavy atom. The number of benzene rings is 2. The molecule has 0 unspecified atom stereocenters. The van der Waals surface area contributed by atoms with E-state index < -0.39 is 5.97 Å². The first kappa shape index (κ1) is 16.4. The van der Waals surface area contributed by atoms with Crippen LogP contribution in [0.25, 0.3) is 11.0 Å². The topological polar surface area (TPSA) is 64.3 Å². The average Bonchev–Trinajstić information content (AvgIpc) is 2.94. The molecular formula is C18H18N2O3S. The van der Waals surface area contributed by atoms with Gasteiger partial charge in [0.25, 0.3) is 0 Å². The Balaban J connectivity index is 2.07. The van der Waals surface area contributed by atoms with Crippen LogP contribution < -0.4 is 0 Å². The molecular weight excluding hydrogens is 324 g/mol. The van der Waals surface area contributed by atoms with Crippen molar-refractivity contribution < 1.29 is 14.6 Å². The first-order valence-corrected chi connectivity index (χ1v) is 8.61. The minimum atomic E-state index is -0.522. The highest BCUT2D eigenvalue weighted by Crippen LogP contribution is 2.34. The van der Waals surface area contributed by atoms with E-state index in [1.807, 2.05) is 41.9 Å². The predicted octanol–water partition coefficient (Wildman–Crippen LogP) is 3.75. The lowest BCUT2D eigenvalue weighted by Gasteiger charge is -2.12. The molecule has 0 spiro atoms. The fourth-order valence-corrected chi connectivity index (χ4v) is 3.50. The van der Waals surface area contributed by atoms with Gasteiger partial charge in [-0.15, -0.1) is 11.8 Å². The van der Waals surface area contributed by atoms with E-state index in [2.05, 4.69) is 4.98 Å². The van der Waals surface area contributed by atoms with Gasteiger partial charge in [-0.2, -0.15) is 0 Å². The number of phenolic OH excluding ortho intramolecular Hbond substituents is 1. The van der Waals surface area contributed by atoms with Gasteiger partial charge >= 0.3 is 5.97 Å². The van der Waals surface area contributed by atoms with Crippen LogP contribution in [-0.2, 0) is 17.5 Å². The number of aromatic nitrogens is 2. The van der Waals surface area contributed by atoms with Crippen LogP contribution in [0.1, 0.15) is 22.8 Å². The molecule has 0 bridgehead atoms. The maximum atomic E-state index is 12.3. The largest absolute Gasteiger partial charge is 0.507 e. The molecule has 1 N–H and O–H groups in total. The van der Waals surface area contributed by atoms with Gasteiger partial charge in [0.15, 0.2) is 0 Å². The third-order valence-corrected chi connectivity index (χ3v) is 4.74. The van der Waals surface area contributed by atoms with Gasteiger partial charge in [-0.1, -0.05) is 18.2 Å². The summed E-state index contributed by atoms with van der Waals surface area (Å²) in [6.07, 6.45) is 1.68. The van der Waals surface area contributed by atoms with Crippen LogP contribution >= 0.6 is 11.8 Å². The van der Waals surface area contributed by atoms with Gasteiger partial charge in [0, 0.05) is 29.3 Å². The van der Waals surface area contributed by atoms with Crippen LogP contribution in [0.4, 0.5) is 0 Å². The number of carbonyl (C=O) groups excluding carboxylic acids is 1. The summed E-state index contributed by atoms with van der Waals surface area (Å²) < 4.78 is 6.93. The molecule has 1 aromatic heterocycles. The van der Waals surface area contributed by atoms with Gasteiger partial charge in [0.1, 0.15) is 11.3 Å². The normalized spacial score (nSPS) is 10.9. The number of ether oxygens (including phenoxy) is 1. The molecule has 5 nitrogen and oxygen atoms in total. The Bertz CT molecular complexity index is 875. The van der Waals surface area contributed by atoms with Crippen LogP contribution in [0.3, 0.4) is 0 Å². The Morgan fingerprint density at radius 3 is 2.79 bits per heavy atom. The van der Waals surface area contributed by atoms with Crippen molar-refractivity contribution in [2.24, 2.45) is 7.05 Å². The number of imidazole rings is 1. The number of fused-ring (bicyclic) bond motifs is 1. The van der Waals surface area contributed by atoms with Gasteiger partial charge in [-0.25, -0.2) is 9.78 Å². The summed E-state index contributed by atoms with van der Waals surface area (Å²) in [5.41, 5.74) is 2.38. The van der Waals surface area contributed by atoms with Gasteiger partial charge in [0.05, 0.1) is 24.0 Å². The number of hydrogen-bond donors (Lipinski definition) is 1. The molecule has 0 atom stereocenters. The second kappa shape index (κ2) is 6.97. The number of rotatable bonds is 5. The Kier molecular flexibility index (Phi) is 4.76. The van der Waals surface area contributed by atoms with Crippen molar-refractivity contribution in [1.82, 2.24) is 9.55 Å². The van der Waals surface area contributed by atoms with E-state index in [-0.39, 0.29) is 17.9 Å². The summed E-state index contributed by atoms with van der Waals surface area (Å²) in [5.74, 6) is -0.0838. The van der Waals surface area contributed by atoms with Crippen molar-refractivity contribution in [3.63, 3.8) is 0 Å². The van der Waals surface area contributed by atoms with Crippen molar-refractivity contribution in [1.29, 1.82) is 0 Å². The summed E-state index contributed by atoms with van der Waals surface area (Å²) in [7, 11) is 1.85. The fraction of sp³-hybridized carbons (Fsp3) is 0.222. The minimum absolute atomic E-state index is 0.0757. The zero-order valence-corrected chi connectivity index (χ0v) is 14.3. The minimum Gasteiger partial charge on any atom is -0.507 e. The molecule has 124 valence electrons. The van der Waals surface area contributed by atoms with Crippen molar-refractivity contribution in [3.05, 3.63) is 53.9 Å². The zero-order chi connectivity index (χ0) is 17.1. The van der Waals surface area contributed by atoms with Crippen molar-refractivity contribution >= 4 is 28.8 Å². The molecule has 3 aromatic rings. The van der Waals surface area contributed by atoms with Gasteiger partial charge in [-0.05, 0) is 19.1 Å². The van der Waals surface area contributed by atoms with Crippen LogP contribution in [0.5, 0.6) is 5.75 Å². The predicted molar refractivity (Wildman–Crippen MR) is 94.3 cm³/mol. The standard InChI is InChI=1S/C18H18N2O3S/c1-3-23-18(22)16-13(10-24-12-7-5-4-6-8-12)17-14(9-15(16)21)20(2)11-19-17/h4-9,11,21H,3,10H2,1-2H3. The number of nitrogens with zero attached hydrogens (tertiary/aromatic N) is 2. The molecule has 6 heteroatoms. The van der Waals surface area contributed by atoms with E-state index in [0.29, 0.717) is 16.8 Å². The average molecular weight is 342 g/mol. The number of phenols is 1. The lowest BCUT2D eigenvalue weighted by Crippen LogP contribution is -2.09. The second-order valence-electron chi connectivity index (χ2n) is 5.29. The van der Waals surface area contributed by atoms with E-state index in [0.717, 1.165) is 10.4 Å². The maximum absolute atomic E-state index is 12.3. The first-order chi connectivity index (χ1) is 11.6. The van der Waals surface area contributed by atoms with E-state index >= 15 is 0 Å². The van der Waals surface area contributed by atoms with Gasteiger partial charge in [-0.3, -0.25) is 0 Å². The van der Waals surface area contributed by atoms with Crippen LogP contribution in [-0.4, -0.2) is 27.2 Å². The SMILES string of the molecule is CCOC(=O)c1c(O)cc2c(ncn2C)c1CSc1ccccc1. The molecule has 0 saturated heterocycles. The van der Waals surface area contributed by atoms with E-state index in [1.54, 1.807) is 31.1 Å². The summed E-state index contributed by atoms with van der Waals surface area (Å²) in [6, 6.07) is 11.5. The highest BCUT2D eigenvalue weighted by Gasteiger charge is 2.22. The Labute approximate surface area is 144 Å². The Morgan fingerprint density at radius 2 is 2.08 bits per heavy atom. The molecule has 0 fully saturated rings. The monoisotopic (exact) mass is 342 g/mol. The van der Waals surface area contributed by atoms with E-state index in [9.17, 15) is 9.90 Å². The second-order valence-corrected chi connectivity index (χ2v) is 6.34. The van der Waals surface area contributed by atoms with Crippen molar-refractivity contribution in [3.8, 4) is 5.75 Å². The van der Waals surface area contributed by atoms with Crippen LogP contribution in [0.2, 0.25) is 0 Å². The molecule has 2 aromatic carbocycles. The fourth-order valence-electron chi connectivity index (χ4n) is 2.56. The summed E-state index contributed by atoms with van der Waals surface area (Å²) in [4.78, 5) is 17.8. The lowest BCUT2D eigenvalue weighted by atomic mass is 10.1. The molecule has 1 heterocycles. The highest BCUT2D eigenvalue weighted by atomic mass is 32.2. The van der Waals surface area contributed by atoms with E-state index in [4.69, 9.17) is 4.74 Å². The molecule has 0 amide bonds. The zero-order valence-electron chi connectivity index (χ0n) is 13.5. The van der Waals surface area contributed by atoms with Crippen molar-refractivity contribution in [2.45, 2.75) is 17.6 Å². The number of esters is 1. The molecule has 3 rings (SSSR count). The number of aryl methyl sites for hydroxylation is 1. The molecule has 0 aliphatic rings. The number of carbonyl (C=O) groups is 1. The van der Waals surface area contributed by atoms with Gasteiger partial charge in [0.2, 0.25) is 0 Å². The smallest absolute Gasteiger partial charge is 0.342 e. The molecule has 0 radical (unpaired) electrons. The third-order valence-electron chi connectivity index (χ3n) is 3.71. The van der Waals surface area contributed by atoms with Crippen LogP contribution in [0.15, 0.2) is 47.6 Å². The lowest BCUT2D eigenvalue weighted by molar-refractivity contribution is 0.0522. The van der Waals surface area contributed by atoms with E-state index in [1.165, 1.54) is 0 Å². The molecule has 0 aliphatic carbocycles. The summed E-state index contributed by atoms with van der Waals surface area (Å²) >= 11 is 1.59. The number of aromatic hydroxyl groups is 1. The quantitative estimate of drug-likeness (QED) is 0.565. The maximum Gasteiger partial charge on any atom is 0.342 e. The highest BCUT2D eigenvalue weighted by molar-refractivity contribution is 7.98. The molecule has 0 aliphatic heterocycles. The summed E-state index contributed by atoms with van der Waals surface area (Å²) in [6.45, 7) is 2.00. The van der Waals surface area contributed by atoms with Gasteiger partial charge < -0.3 is 14.4 Å². The van der Waals surface area contributed by atoms with Crippen molar-refractivity contribution in [2.75, 3.05) is 6.61 Å². The molecule has 24 heavy (non-hydrogen) atoms. The molecule has 0 saturated carbocycles. The number of hydrogen-bond acceptors (Lipinski definition) is 5. The Hall–Kier alpha value is -2.47. The number of thioether (sulfide) groups is 1. The first-order valence-electron chi connectivity index (χ1n) is 7.62. The van der Waals surface area contributed by atoms with Crippen LogP contribution in [0, 0.1) is 0 Å². The summed E-state index contributed by atoms with van der Waals surface area (Å²) in [5, 5.41) is 10.4. The third kappa shape index (κ3) is 3.10.